The number of carboxylic acids is 1. The SMILES string of the molecule is Cc1c(Cl)cccc1C(=O)Nc1cnccc1C(=O)O. The van der Waals surface area contributed by atoms with Gasteiger partial charge in [-0.25, -0.2) is 4.79 Å². The molecule has 0 fully saturated rings. The molecule has 102 valence electrons. The van der Waals surface area contributed by atoms with Crippen LogP contribution in [0.3, 0.4) is 0 Å². The van der Waals surface area contributed by atoms with Crippen LogP contribution < -0.4 is 5.32 Å². The van der Waals surface area contributed by atoms with Crippen LogP contribution in [-0.2, 0) is 0 Å². The Bertz CT molecular complexity index is 686. The van der Waals surface area contributed by atoms with Gasteiger partial charge in [-0.3, -0.25) is 9.78 Å². The molecule has 20 heavy (non-hydrogen) atoms. The molecular formula is C14H11ClN2O3. The van der Waals surface area contributed by atoms with Crippen LogP contribution in [0.25, 0.3) is 0 Å². The second-order valence-corrected chi connectivity index (χ2v) is 4.50. The number of nitrogens with one attached hydrogen (secondary N) is 1. The van der Waals surface area contributed by atoms with Gasteiger partial charge in [0.25, 0.3) is 5.91 Å². The molecule has 1 heterocycles. The van der Waals surface area contributed by atoms with Gasteiger partial charge in [0.15, 0.2) is 0 Å². The molecule has 2 aromatic rings. The molecule has 0 saturated carbocycles. The van der Waals surface area contributed by atoms with Crippen molar-refractivity contribution in [2.45, 2.75) is 6.92 Å². The van der Waals surface area contributed by atoms with Crippen molar-refractivity contribution in [2.24, 2.45) is 0 Å². The van der Waals surface area contributed by atoms with Crippen molar-refractivity contribution in [3.8, 4) is 0 Å². The molecule has 0 spiro atoms. The number of anilines is 1. The molecule has 0 aliphatic carbocycles. The van der Waals surface area contributed by atoms with Gasteiger partial charge in [0.2, 0.25) is 0 Å². The van der Waals surface area contributed by atoms with E-state index >= 15 is 0 Å². The standard InChI is InChI=1S/C14H11ClN2O3/c1-8-9(3-2-4-11(8)15)13(18)17-12-7-16-6-5-10(12)14(19)20/h2-7H,1H3,(H,17,18)(H,19,20). The summed E-state index contributed by atoms with van der Waals surface area (Å²) in [6.45, 7) is 1.72. The molecule has 1 aromatic carbocycles. The van der Waals surface area contributed by atoms with Crippen LogP contribution in [0.2, 0.25) is 5.02 Å². The number of rotatable bonds is 3. The number of benzene rings is 1. The zero-order valence-corrected chi connectivity index (χ0v) is 11.3. The van der Waals surface area contributed by atoms with Crippen LogP contribution in [0.15, 0.2) is 36.7 Å². The molecule has 0 bridgehead atoms. The lowest BCUT2D eigenvalue weighted by Crippen LogP contribution is -2.16. The molecule has 2 N–H and O–H groups in total. The fourth-order valence-corrected chi connectivity index (χ4v) is 1.90. The normalized spacial score (nSPS) is 10.1. The number of aromatic nitrogens is 1. The summed E-state index contributed by atoms with van der Waals surface area (Å²) in [6.07, 6.45) is 2.64. The lowest BCUT2D eigenvalue weighted by Gasteiger charge is -2.10. The number of carbonyl (C=O) groups is 2. The maximum Gasteiger partial charge on any atom is 0.337 e. The van der Waals surface area contributed by atoms with E-state index in [1.807, 2.05) is 0 Å². The van der Waals surface area contributed by atoms with Crippen molar-refractivity contribution in [3.63, 3.8) is 0 Å². The number of halogens is 1. The molecule has 6 heteroatoms. The molecular weight excluding hydrogens is 280 g/mol. The monoisotopic (exact) mass is 290 g/mol. The van der Waals surface area contributed by atoms with Gasteiger partial charge in [-0.1, -0.05) is 17.7 Å². The van der Waals surface area contributed by atoms with Gasteiger partial charge in [-0.2, -0.15) is 0 Å². The first kappa shape index (κ1) is 14.0. The van der Waals surface area contributed by atoms with E-state index < -0.39 is 11.9 Å². The molecule has 0 aliphatic rings. The number of hydrogen-bond acceptors (Lipinski definition) is 3. The third-order valence-corrected chi connectivity index (χ3v) is 3.22. The summed E-state index contributed by atoms with van der Waals surface area (Å²) in [5, 5.41) is 12.1. The third kappa shape index (κ3) is 2.78. The second kappa shape index (κ2) is 5.71. The quantitative estimate of drug-likeness (QED) is 0.911. The number of pyridine rings is 1. The first-order valence-electron chi connectivity index (χ1n) is 5.74. The van der Waals surface area contributed by atoms with Crippen molar-refractivity contribution in [1.82, 2.24) is 4.98 Å². The Kier molecular flexibility index (Phi) is 4.00. The third-order valence-electron chi connectivity index (χ3n) is 2.81. The summed E-state index contributed by atoms with van der Waals surface area (Å²) in [5.41, 5.74) is 1.14. The average molecular weight is 291 g/mol. The molecule has 0 aliphatic heterocycles. The maximum atomic E-state index is 12.2. The van der Waals surface area contributed by atoms with Crippen molar-refractivity contribution in [2.75, 3.05) is 5.32 Å². The minimum Gasteiger partial charge on any atom is -0.478 e. The average Bonchev–Trinajstić information content (AvgIpc) is 2.42. The van der Waals surface area contributed by atoms with E-state index in [2.05, 4.69) is 10.3 Å². The topological polar surface area (TPSA) is 79.3 Å². The highest BCUT2D eigenvalue weighted by atomic mass is 35.5. The van der Waals surface area contributed by atoms with Crippen molar-refractivity contribution >= 4 is 29.2 Å². The number of carboxylic acid groups (broad SMARTS) is 1. The smallest absolute Gasteiger partial charge is 0.337 e. The first-order valence-corrected chi connectivity index (χ1v) is 6.12. The van der Waals surface area contributed by atoms with E-state index in [9.17, 15) is 9.59 Å². The van der Waals surface area contributed by atoms with Crippen molar-refractivity contribution in [1.29, 1.82) is 0 Å². The Morgan fingerprint density at radius 3 is 2.70 bits per heavy atom. The highest BCUT2D eigenvalue weighted by Crippen LogP contribution is 2.21. The molecule has 0 atom stereocenters. The van der Waals surface area contributed by atoms with Gasteiger partial charge in [-0.05, 0) is 30.7 Å². The van der Waals surface area contributed by atoms with Crippen molar-refractivity contribution < 1.29 is 14.7 Å². The van der Waals surface area contributed by atoms with Crippen LogP contribution in [-0.4, -0.2) is 22.0 Å². The highest BCUT2D eigenvalue weighted by Gasteiger charge is 2.15. The van der Waals surface area contributed by atoms with Crippen LogP contribution in [0.5, 0.6) is 0 Å². The minimum absolute atomic E-state index is 0.0203. The van der Waals surface area contributed by atoms with Crippen LogP contribution in [0.4, 0.5) is 5.69 Å². The summed E-state index contributed by atoms with van der Waals surface area (Å²) in [7, 11) is 0. The molecule has 1 amide bonds. The van der Waals surface area contributed by atoms with E-state index in [1.165, 1.54) is 18.5 Å². The number of carbonyl (C=O) groups excluding carboxylic acids is 1. The Morgan fingerprint density at radius 2 is 2.00 bits per heavy atom. The summed E-state index contributed by atoms with van der Waals surface area (Å²) in [5.74, 6) is -1.56. The van der Waals surface area contributed by atoms with Gasteiger partial charge in [0.05, 0.1) is 17.4 Å². The molecule has 0 saturated heterocycles. The largest absolute Gasteiger partial charge is 0.478 e. The fraction of sp³-hybridized carbons (Fsp3) is 0.0714. The predicted octanol–water partition coefficient (Wildman–Crippen LogP) is 2.99. The number of aromatic carboxylic acids is 1. The van der Waals surface area contributed by atoms with Gasteiger partial charge in [0.1, 0.15) is 0 Å². The Balaban J connectivity index is 2.33. The van der Waals surface area contributed by atoms with Gasteiger partial charge in [0, 0.05) is 16.8 Å². The van der Waals surface area contributed by atoms with E-state index in [1.54, 1.807) is 25.1 Å². The van der Waals surface area contributed by atoms with Gasteiger partial charge in [-0.15, -0.1) is 0 Å². The van der Waals surface area contributed by atoms with Crippen LogP contribution in [0, 0.1) is 6.92 Å². The molecule has 0 radical (unpaired) electrons. The summed E-state index contributed by atoms with van der Waals surface area (Å²) < 4.78 is 0. The highest BCUT2D eigenvalue weighted by molar-refractivity contribution is 6.32. The summed E-state index contributed by atoms with van der Waals surface area (Å²) in [4.78, 5) is 27.0. The Hall–Kier alpha value is -2.40. The molecule has 0 unspecified atom stereocenters. The fourth-order valence-electron chi connectivity index (χ4n) is 1.72. The maximum absolute atomic E-state index is 12.2. The number of hydrogen-bond donors (Lipinski definition) is 2. The zero-order valence-electron chi connectivity index (χ0n) is 10.6. The predicted molar refractivity (Wildman–Crippen MR) is 75.3 cm³/mol. The van der Waals surface area contributed by atoms with E-state index in [4.69, 9.17) is 16.7 Å². The van der Waals surface area contributed by atoms with Crippen LogP contribution in [0.1, 0.15) is 26.3 Å². The Morgan fingerprint density at radius 1 is 1.25 bits per heavy atom. The lowest BCUT2D eigenvalue weighted by atomic mass is 10.1. The zero-order chi connectivity index (χ0) is 14.7. The first-order chi connectivity index (χ1) is 9.50. The van der Waals surface area contributed by atoms with Gasteiger partial charge >= 0.3 is 5.97 Å². The molecule has 5 nitrogen and oxygen atoms in total. The Labute approximate surface area is 120 Å². The lowest BCUT2D eigenvalue weighted by molar-refractivity contribution is 0.0698. The number of amides is 1. The summed E-state index contributed by atoms with van der Waals surface area (Å²) >= 11 is 5.96. The van der Waals surface area contributed by atoms with E-state index in [0.717, 1.165) is 0 Å². The summed E-state index contributed by atoms with van der Waals surface area (Å²) in [6, 6.07) is 6.28. The molecule has 1 aromatic heterocycles. The second-order valence-electron chi connectivity index (χ2n) is 4.09. The minimum atomic E-state index is -1.13. The van der Waals surface area contributed by atoms with Crippen LogP contribution >= 0.6 is 11.6 Å². The van der Waals surface area contributed by atoms with E-state index in [0.29, 0.717) is 16.1 Å². The number of nitrogens with zero attached hydrogens (tertiary/aromatic N) is 1. The van der Waals surface area contributed by atoms with Gasteiger partial charge < -0.3 is 10.4 Å². The van der Waals surface area contributed by atoms with Crippen molar-refractivity contribution in [3.05, 3.63) is 58.4 Å². The van der Waals surface area contributed by atoms with E-state index in [-0.39, 0.29) is 11.3 Å². The molecule has 2 rings (SSSR count).